The fraction of sp³-hybridized carbons (Fsp3) is 0.412. The van der Waals surface area contributed by atoms with Gasteiger partial charge in [0.2, 0.25) is 11.0 Å². The fourth-order valence-corrected chi connectivity index (χ4v) is 5.70. The van der Waals surface area contributed by atoms with E-state index in [1.54, 1.807) is 0 Å². The molecular formula is C34H36F6N4O6. The summed E-state index contributed by atoms with van der Waals surface area (Å²) in [4.78, 5) is 17.6. The molecule has 1 spiro atoms. The van der Waals surface area contributed by atoms with Crippen LogP contribution in [-0.2, 0) is 32.2 Å². The molecule has 3 aliphatic rings. The Morgan fingerprint density at radius 2 is 1.02 bits per heavy atom. The van der Waals surface area contributed by atoms with Gasteiger partial charge in [0.25, 0.3) is 0 Å². The Hall–Kier alpha value is -4.70. The molecule has 7 rings (SSSR count). The molecule has 0 atom stereocenters. The molecule has 2 aromatic carbocycles. The van der Waals surface area contributed by atoms with Crippen molar-refractivity contribution in [1.29, 1.82) is 0 Å². The maximum atomic E-state index is 10.5. The number of rotatable bonds is 0. The van der Waals surface area contributed by atoms with E-state index < -0.39 is 30.1 Å². The number of ether oxygens (including phenoxy) is 2. The maximum Gasteiger partial charge on any atom is 0.430 e. The summed E-state index contributed by atoms with van der Waals surface area (Å²) in [5, 5.41) is 27.5. The molecule has 2 aromatic heterocycles. The van der Waals surface area contributed by atoms with Gasteiger partial charge in [0.05, 0.1) is 35.4 Å². The Morgan fingerprint density at radius 1 is 0.640 bits per heavy atom. The highest BCUT2D eigenvalue weighted by Gasteiger charge is 2.36. The molecule has 5 heterocycles. The van der Waals surface area contributed by atoms with Gasteiger partial charge in [0.1, 0.15) is 25.0 Å². The van der Waals surface area contributed by atoms with Crippen molar-refractivity contribution in [1.82, 2.24) is 0 Å². The Kier molecular flexibility index (Phi) is 12.8. The van der Waals surface area contributed by atoms with E-state index in [9.17, 15) is 26.3 Å². The first kappa shape index (κ1) is 38.1. The van der Waals surface area contributed by atoms with Gasteiger partial charge in [-0.15, -0.1) is 0 Å². The molecule has 0 unspecified atom stereocenters. The van der Waals surface area contributed by atoms with E-state index in [1.165, 1.54) is 39.6 Å². The number of alkyl halides is 6. The third kappa shape index (κ3) is 10.4. The Morgan fingerprint density at radius 3 is 1.40 bits per heavy atom. The monoisotopic (exact) mass is 710 g/mol. The van der Waals surface area contributed by atoms with E-state index in [4.69, 9.17) is 29.3 Å². The summed E-state index contributed by atoms with van der Waals surface area (Å²) in [6.07, 6.45) is -0.808. The third-order valence-electron chi connectivity index (χ3n) is 8.07. The molecule has 50 heavy (non-hydrogen) atoms. The van der Waals surface area contributed by atoms with E-state index in [0.717, 1.165) is 51.9 Å². The highest BCUT2D eigenvalue weighted by Crippen LogP contribution is 2.29. The maximum absolute atomic E-state index is 10.5. The van der Waals surface area contributed by atoms with E-state index in [1.807, 2.05) is 0 Å². The average molecular weight is 711 g/mol. The number of carbonyl (C=O) groups is 2. The summed E-state index contributed by atoms with van der Waals surface area (Å²) in [5.74, 6) is -6.56. The van der Waals surface area contributed by atoms with Gasteiger partial charge >= 0.3 is 12.4 Å². The summed E-state index contributed by atoms with van der Waals surface area (Å²) >= 11 is 0. The van der Waals surface area contributed by atoms with Crippen molar-refractivity contribution in [3.63, 3.8) is 0 Å². The number of carboxylic acid groups (broad SMARTS) is 2. The Labute approximate surface area is 283 Å². The number of aryl methyl sites for hydroxylation is 2. The normalized spacial score (nSPS) is 16.8. The van der Waals surface area contributed by atoms with Gasteiger partial charge in [-0.2, -0.15) is 35.5 Å². The van der Waals surface area contributed by atoms with Gasteiger partial charge in [-0.3, -0.25) is 0 Å². The number of nitrogens with one attached hydrogen (secondary N) is 2. The molecule has 10 nitrogen and oxygen atoms in total. The van der Waals surface area contributed by atoms with E-state index >= 15 is 0 Å². The van der Waals surface area contributed by atoms with Crippen molar-refractivity contribution in [2.45, 2.75) is 63.3 Å². The van der Waals surface area contributed by atoms with Crippen LogP contribution in [-0.4, -0.2) is 56.4 Å². The molecule has 4 aromatic rings. The third-order valence-corrected chi connectivity index (χ3v) is 8.07. The molecule has 2 N–H and O–H groups in total. The number of carboxylic acids is 2. The van der Waals surface area contributed by atoms with Crippen LogP contribution in [0.5, 0.6) is 0 Å². The second-order valence-electron chi connectivity index (χ2n) is 11.5. The molecule has 16 heteroatoms. The van der Waals surface area contributed by atoms with Crippen LogP contribution in [0, 0.1) is 0 Å². The van der Waals surface area contributed by atoms with Crippen LogP contribution in [0.3, 0.4) is 0 Å². The van der Waals surface area contributed by atoms with Crippen molar-refractivity contribution in [3.05, 3.63) is 73.1 Å². The van der Waals surface area contributed by atoms with Crippen LogP contribution < -0.4 is 30.0 Å². The lowest BCUT2D eigenvalue weighted by atomic mass is 10.1. The minimum Gasteiger partial charge on any atom is -0.542 e. The number of aromatic nitrogens is 2. The largest absolute Gasteiger partial charge is 0.542 e. The summed E-state index contributed by atoms with van der Waals surface area (Å²) < 4.78 is 80.2. The second kappa shape index (κ2) is 16.8. The number of hydrogen-bond donors (Lipinski definition) is 2. The fourth-order valence-electron chi connectivity index (χ4n) is 5.70. The SMILES string of the molecule is O=C([O-])C(F)(F)F.O=C([O-])C(F)(F)F.c1ccc2c(c1)c1cc[n+]2CCCCC[n+]2ccc(c3ccccc32)NCCC2(CCN1)OCCO2. The molecule has 0 radical (unpaired) electrons. The summed E-state index contributed by atoms with van der Waals surface area (Å²) in [5.41, 5.74) is 4.90. The zero-order valence-electron chi connectivity index (χ0n) is 26.8. The van der Waals surface area contributed by atoms with Crippen molar-refractivity contribution >= 4 is 45.1 Å². The first-order chi connectivity index (χ1) is 23.7. The lowest BCUT2D eigenvalue weighted by molar-refractivity contribution is -0.675. The van der Waals surface area contributed by atoms with Crippen molar-refractivity contribution < 1.29 is 64.8 Å². The molecule has 0 aliphatic carbocycles. The number of carbonyl (C=O) groups excluding carboxylic acids is 2. The molecular weight excluding hydrogens is 674 g/mol. The van der Waals surface area contributed by atoms with Gasteiger partial charge in [-0.05, 0) is 18.6 Å². The van der Waals surface area contributed by atoms with Crippen LogP contribution in [0.4, 0.5) is 37.7 Å². The van der Waals surface area contributed by atoms with Gasteiger partial charge in [-0.25, -0.2) is 0 Å². The van der Waals surface area contributed by atoms with E-state index in [-0.39, 0.29) is 0 Å². The van der Waals surface area contributed by atoms with Gasteiger partial charge in [0.15, 0.2) is 18.2 Å². The number of anilines is 2. The van der Waals surface area contributed by atoms with Crippen LogP contribution in [0.1, 0.15) is 32.1 Å². The average Bonchev–Trinajstić information content (AvgIpc) is 3.54. The zero-order valence-corrected chi connectivity index (χ0v) is 26.8. The Balaban J connectivity index is 0.000000340. The minimum atomic E-state index is -5.19. The number of halogens is 6. The van der Waals surface area contributed by atoms with Crippen molar-refractivity contribution in [2.24, 2.45) is 0 Å². The molecule has 1 saturated heterocycles. The minimum absolute atomic E-state index is 0.546. The first-order valence-corrected chi connectivity index (χ1v) is 15.8. The number of nitrogens with zero attached hydrogens (tertiary/aromatic N) is 2. The number of pyridine rings is 2. The predicted octanol–water partition coefficient (Wildman–Crippen LogP) is 3.40. The van der Waals surface area contributed by atoms with Gasteiger partial charge < -0.3 is 39.9 Å². The molecule has 4 bridgehead atoms. The zero-order chi connectivity index (χ0) is 36.4. The van der Waals surface area contributed by atoms with Crippen LogP contribution in [0.25, 0.3) is 21.8 Å². The predicted molar refractivity (Wildman–Crippen MR) is 165 cm³/mol. The smallest absolute Gasteiger partial charge is 0.430 e. The Bertz CT molecular complexity index is 1640. The number of hydrogen-bond acceptors (Lipinski definition) is 8. The molecule has 0 saturated carbocycles. The molecule has 1 fully saturated rings. The summed E-state index contributed by atoms with van der Waals surface area (Å²) in [6.45, 7) is 4.95. The highest BCUT2D eigenvalue weighted by molar-refractivity contribution is 5.89. The highest BCUT2D eigenvalue weighted by atomic mass is 19.4. The molecule has 270 valence electrons. The molecule has 3 aliphatic heterocycles. The standard InChI is InChI=1S/C30H34N4O2.2C2HF3O2/c1-6-18-33-20-12-26(24-8-2-4-10-28(24)33)31-16-14-30(35-22-23-36-30)15-17-32-27-13-21-34(19-7-1)29-11-5-3-9-25(27)29;2*3-2(4,5)1(6)7/h2-5,8-13,20-21H,1,6-7,14-19,22-23H2;2*(H,6,7). The number of fused-ring (bicyclic) bond motifs is 10. The summed E-state index contributed by atoms with van der Waals surface area (Å²) in [7, 11) is 0. The van der Waals surface area contributed by atoms with Crippen LogP contribution in [0.2, 0.25) is 0 Å². The molecule has 0 amide bonds. The lowest BCUT2D eigenvalue weighted by Gasteiger charge is -2.28. The number of para-hydroxylation sites is 2. The van der Waals surface area contributed by atoms with Gasteiger partial charge in [-0.1, -0.05) is 24.3 Å². The second-order valence-corrected chi connectivity index (χ2v) is 11.5. The first-order valence-electron chi connectivity index (χ1n) is 15.8. The van der Waals surface area contributed by atoms with Crippen molar-refractivity contribution in [3.8, 4) is 0 Å². The topological polar surface area (TPSA) is 131 Å². The number of benzene rings is 2. The summed E-state index contributed by atoms with van der Waals surface area (Å²) in [6, 6.07) is 21.8. The van der Waals surface area contributed by atoms with Gasteiger partial charge in [0, 0.05) is 63.0 Å². The number of aliphatic carboxylic acids is 2. The lowest BCUT2D eigenvalue weighted by Crippen LogP contribution is -2.37. The van der Waals surface area contributed by atoms with E-state index in [0.29, 0.717) is 13.2 Å². The van der Waals surface area contributed by atoms with E-state index in [2.05, 4.69) is 92.8 Å². The van der Waals surface area contributed by atoms with Crippen LogP contribution in [0.15, 0.2) is 73.1 Å². The van der Waals surface area contributed by atoms with Crippen LogP contribution >= 0.6 is 0 Å². The van der Waals surface area contributed by atoms with Crippen molar-refractivity contribution in [2.75, 3.05) is 36.9 Å². The quantitative estimate of drug-likeness (QED) is 0.210.